The summed E-state index contributed by atoms with van der Waals surface area (Å²) in [5.74, 6) is 0.685. The van der Waals surface area contributed by atoms with Crippen LogP contribution in [0.4, 0.5) is 0 Å². The fraction of sp³-hybridized carbons (Fsp3) is 0.938. The highest BCUT2D eigenvalue weighted by atomic mass is 28.4. The Hall–Kier alpha value is -0.153. The Balaban J connectivity index is 4.81. The molecule has 0 aromatic rings. The summed E-state index contributed by atoms with van der Waals surface area (Å²) in [6.45, 7) is 13.3. The second-order valence-corrected chi connectivity index (χ2v) is 10.6. The van der Waals surface area contributed by atoms with E-state index in [4.69, 9.17) is 4.43 Å². The number of hydrogen-bond acceptors (Lipinski definition) is 2. The van der Waals surface area contributed by atoms with Crippen molar-refractivity contribution in [2.24, 2.45) is 11.8 Å². The fourth-order valence-corrected chi connectivity index (χ4v) is 5.70. The zero-order valence-electron chi connectivity index (χ0n) is 13.9. The lowest BCUT2D eigenvalue weighted by atomic mass is 9.90. The van der Waals surface area contributed by atoms with Crippen molar-refractivity contribution in [3.05, 3.63) is 0 Å². The molecule has 0 amide bonds. The van der Waals surface area contributed by atoms with Crippen molar-refractivity contribution in [3.8, 4) is 0 Å². The Bertz CT molecular complexity index is 231. The summed E-state index contributed by atoms with van der Waals surface area (Å²) in [6.07, 6.45) is 4.34. The van der Waals surface area contributed by atoms with Crippen LogP contribution in [0.5, 0.6) is 0 Å². The highest BCUT2D eigenvalue weighted by molar-refractivity contribution is 6.73. The van der Waals surface area contributed by atoms with E-state index in [-0.39, 0.29) is 12.0 Å². The molecule has 0 N–H and O–H groups in total. The van der Waals surface area contributed by atoms with Crippen LogP contribution in [0.2, 0.25) is 18.1 Å². The zero-order chi connectivity index (χ0) is 14.9. The molecule has 2 nitrogen and oxygen atoms in total. The summed E-state index contributed by atoms with van der Waals surface area (Å²) >= 11 is 0. The Morgan fingerprint density at radius 2 is 1.53 bits per heavy atom. The fourth-order valence-electron chi connectivity index (χ4n) is 2.72. The summed E-state index contributed by atoms with van der Waals surface area (Å²) in [5, 5.41) is 0. The van der Waals surface area contributed by atoms with Gasteiger partial charge in [-0.25, -0.2) is 0 Å². The van der Waals surface area contributed by atoms with Gasteiger partial charge < -0.3 is 9.22 Å². The summed E-state index contributed by atoms with van der Waals surface area (Å²) < 4.78 is 6.54. The summed E-state index contributed by atoms with van der Waals surface area (Å²) in [6, 6.07) is 3.47. The number of rotatable bonds is 11. The van der Waals surface area contributed by atoms with Gasteiger partial charge in [-0.1, -0.05) is 48.0 Å². The molecule has 0 bridgehead atoms. The Morgan fingerprint density at radius 1 is 1.00 bits per heavy atom. The maximum Gasteiger partial charge on any atom is 0.192 e. The van der Waals surface area contributed by atoms with E-state index in [9.17, 15) is 4.79 Å². The molecule has 114 valence electrons. The molecule has 0 unspecified atom stereocenters. The lowest BCUT2D eigenvalue weighted by molar-refractivity contribution is -0.114. The molecule has 0 saturated carbocycles. The van der Waals surface area contributed by atoms with Crippen LogP contribution in [-0.2, 0) is 9.22 Å². The highest BCUT2D eigenvalue weighted by Gasteiger charge is 2.34. The van der Waals surface area contributed by atoms with E-state index in [2.05, 4.69) is 41.5 Å². The Labute approximate surface area is 121 Å². The molecule has 0 fully saturated rings. The third-order valence-electron chi connectivity index (χ3n) is 4.76. The first-order valence-electron chi connectivity index (χ1n) is 8.15. The maximum atomic E-state index is 11.4. The quantitative estimate of drug-likeness (QED) is 0.393. The van der Waals surface area contributed by atoms with Crippen molar-refractivity contribution in [2.45, 2.75) is 85.0 Å². The third-order valence-corrected chi connectivity index (χ3v) is 9.43. The van der Waals surface area contributed by atoms with E-state index in [1.54, 1.807) is 0 Å². The number of aldehydes is 1. The summed E-state index contributed by atoms with van der Waals surface area (Å²) in [5.41, 5.74) is 0. The second-order valence-electron chi connectivity index (χ2n) is 5.86. The molecular weight excluding hydrogens is 252 g/mol. The van der Waals surface area contributed by atoms with Gasteiger partial charge in [-0.15, -0.1) is 0 Å². The van der Waals surface area contributed by atoms with Gasteiger partial charge in [0.1, 0.15) is 6.29 Å². The minimum Gasteiger partial charge on any atom is -0.413 e. The minimum absolute atomic E-state index is 0.0801. The molecular formula is C16H34O2Si. The van der Waals surface area contributed by atoms with E-state index < -0.39 is 8.32 Å². The molecule has 0 spiro atoms. The average molecular weight is 287 g/mol. The molecule has 0 aliphatic heterocycles. The Kier molecular flexibility index (Phi) is 9.63. The summed E-state index contributed by atoms with van der Waals surface area (Å²) in [7, 11) is -1.60. The van der Waals surface area contributed by atoms with Crippen LogP contribution in [0.1, 0.15) is 60.8 Å². The normalized spacial score (nSPS) is 16.9. The van der Waals surface area contributed by atoms with Gasteiger partial charge in [-0.05, 0) is 36.9 Å². The maximum absolute atomic E-state index is 11.4. The van der Waals surface area contributed by atoms with Gasteiger partial charge in [0.25, 0.3) is 0 Å². The van der Waals surface area contributed by atoms with E-state index in [0.29, 0.717) is 5.92 Å². The van der Waals surface area contributed by atoms with Gasteiger partial charge in [0.15, 0.2) is 8.32 Å². The molecule has 0 heterocycles. The first kappa shape index (κ1) is 18.8. The van der Waals surface area contributed by atoms with E-state index in [1.165, 1.54) is 0 Å². The average Bonchev–Trinajstić information content (AvgIpc) is 2.47. The monoisotopic (exact) mass is 286 g/mol. The minimum atomic E-state index is -1.60. The van der Waals surface area contributed by atoms with Gasteiger partial charge in [0, 0.05) is 5.92 Å². The lowest BCUT2D eigenvalue weighted by Crippen LogP contribution is -2.43. The van der Waals surface area contributed by atoms with E-state index in [1.807, 2.05) is 0 Å². The molecule has 0 aliphatic carbocycles. The predicted octanol–water partition coefficient (Wildman–Crippen LogP) is 5.04. The first-order chi connectivity index (χ1) is 9.02. The summed E-state index contributed by atoms with van der Waals surface area (Å²) in [4.78, 5) is 11.4. The van der Waals surface area contributed by atoms with Crippen LogP contribution in [0.25, 0.3) is 0 Å². The molecule has 0 aromatic carbocycles. The third kappa shape index (κ3) is 5.78. The van der Waals surface area contributed by atoms with Gasteiger partial charge in [-0.2, -0.15) is 0 Å². The number of carbonyl (C=O) groups is 1. The van der Waals surface area contributed by atoms with Crippen LogP contribution in [-0.4, -0.2) is 20.7 Å². The molecule has 0 radical (unpaired) electrons. The van der Waals surface area contributed by atoms with Crippen LogP contribution < -0.4 is 0 Å². The van der Waals surface area contributed by atoms with Crippen molar-refractivity contribution < 1.29 is 9.22 Å². The van der Waals surface area contributed by atoms with Gasteiger partial charge >= 0.3 is 0 Å². The van der Waals surface area contributed by atoms with Crippen molar-refractivity contribution in [3.63, 3.8) is 0 Å². The lowest BCUT2D eigenvalue weighted by Gasteiger charge is -2.35. The van der Waals surface area contributed by atoms with Crippen molar-refractivity contribution in [1.82, 2.24) is 0 Å². The standard InChI is InChI=1S/C16H34O2Si/c1-7-14(6)12-15(13-17)16(8-2)18-19(9-3,10-4)11-5/h13-16H,7-12H2,1-6H3/t14-,15-,16+/m0/s1. The number of hydrogen-bond donors (Lipinski definition) is 0. The molecule has 0 rings (SSSR count). The largest absolute Gasteiger partial charge is 0.413 e. The van der Waals surface area contributed by atoms with E-state index >= 15 is 0 Å². The molecule has 0 aliphatic rings. The van der Waals surface area contributed by atoms with Crippen LogP contribution in [0.15, 0.2) is 0 Å². The zero-order valence-corrected chi connectivity index (χ0v) is 14.9. The topological polar surface area (TPSA) is 26.3 Å². The van der Waals surface area contributed by atoms with Crippen LogP contribution in [0, 0.1) is 11.8 Å². The predicted molar refractivity (Wildman–Crippen MR) is 86.0 cm³/mol. The molecule has 3 heteroatoms. The smallest absolute Gasteiger partial charge is 0.192 e. The van der Waals surface area contributed by atoms with Gasteiger partial charge in [-0.3, -0.25) is 0 Å². The second kappa shape index (κ2) is 9.70. The molecule has 19 heavy (non-hydrogen) atoms. The van der Waals surface area contributed by atoms with Crippen LogP contribution in [0.3, 0.4) is 0 Å². The van der Waals surface area contributed by atoms with Gasteiger partial charge in [0.2, 0.25) is 0 Å². The molecule has 0 saturated heterocycles. The highest BCUT2D eigenvalue weighted by Crippen LogP contribution is 2.29. The van der Waals surface area contributed by atoms with E-state index in [0.717, 1.165) is 43.7 Å². The van der Waals surface area contributed by atoms with Crippen molar-refractivity contribution in [1.29, 1.82) is 0 Å². The molecule has 0 aromatic heterocycles. The van der Waals surface area contributed by atoms with Gasteiger partial charge in [0.05, 0.1) is 6.10 Å². The van der Waals surface area contributed by atoms with Crippen molar-refractivity contribution >= 4 is 14.6 Å². The SMILES string of the molecule is CC[C@H](C)C[C@@H](C=O)[C@@H](CC)O[Si](CC)(CC)CC. The van der Waals surface area contributed by atoms with Crippen molar-refractivity contribution in [2.75, 3.05) is 0 Å². The number of carbonyl (C=O) groups excluding carboxylic acids is 1. The molecule has 3 atom stereocenters. The first-order valence-corrected chi connectivity index (χ1v) is 10.7. The van der Waals surface area contributed by atoms with Crippen LogP contribution >= 0.6 is 0 Å². The Morgan fingerprint density at radius 3 is 1.84 bits per heavy atom.